The first-order valence-corrected chi connectivity index (χ1v) is 34.7. The molecule has 0 amide bonds. The summed E-state index contributed by atoms with van der Waals surface area (Å²) in [4.78, 5) is 38.0. The molecule has 0 aliphatic carbocycles. The molecule has 0 aromatic heterocycles. The van der Waals surface area contributed by atoms with Gasteiger partial charge in [0.2, 0.25) is 0 Å². The molecule has 0 saturated carbocycles. The van der Waals surface area contributed by atoms with E-state index in [9.17, 15) is 14.4 Å². The van der Waals surface area contributed by atoms with E-state index in [1.165, 1.54) is 180 Å². The first-order chi connectivity index (χ1) is 40.0. The Morgan fingerprint density at radius 1 is 0.259 bits per heavy atom. The summed E-state index contributed by atoms with van der Waals surface area (Å²) in [5, 5.41) is 0. The predicted octanol–water partition coefficient (Wildman–Crippen LogP) is 24.0. The summed E-state index contributed by atoms with van der Waals surface area (Å²) < 4.78 is 16.8. The Balaban J connectivity index is 3.98. The summed E-state index contributed by atoms with van der Waals surface area (Å²) in [6.07, 6.45) is 93.5. The minimum absolute atomic E-state index is 0.0810. The standard InChI is InChI=1S/C75H130O6/c1-4-7-10-13-15-17-19-21-23-25-27-29-31-33-34-35-36-37-38-39-40-42-43-45-47-49-51-53-55-57-59-62-65-68-74(77)80-71-72(70-79-73(76)67-64-61-12-9-6-3)81-75(78)69-66-63-60-58-56-54-52-50-48-46-44-41-32-30-28-26-24-22-20-18-16-14-11-8-5-2/h8,11,16,18-19,21-22,24-25,27-28,30,41,44,48,50,72H,4-7,9-10,12-15,17,20,23,26,29,31-40,42-43,45-47,49,51-71H2,1-3H3/b11-8-,18-16-,21-19-,24-22-,27-25-,30-28-,44-41-,50-48-. The maximum Gasteiger partial charge on any atom is 0.306 e. The third-order valence-electron chi connectivity index (χ3n) is 15.1. The fourth-order valence-corrected chi connectivity index (χ4v) is 9.89. The van der Waals surface area contributed by atoms with Crippen molar-refractivity contribution in [3.8, 4) is 0 Å². The van der Waals surface area contributed by atoms with Crippen LogP contribution in [0.15, 0.2) is 97.2 Å². The number of hydrogen-bond acceptors (Lipinski definition) is 6. The molecular formula is C75H130O6. The number of esters is 3. The molecule has 0 fully saturated rings. The van der Waals surface area contributed by atoms with Gasteiger partial charge in [0.25, 0.3) is 0 Å². The Morgan fingerprint density at radius 3 is 0.753 bits per heavy atom. The third kappa shape index (κ3) is 67.0. The normalized spacial score (nSPS) is 12.7. The summed E-state index contributed by atoms with van der Waals surface area (Å²) in [7, 11) is 0. The molecule has 0 aliphatic rings. The minimum atomic E-state index is -0.782. The SMILES string of the molecule is CC/C=C\C/C=C\C/C=C\C/C=C\C/C=C\C/C=C\CCCCCCCCC(=O)OC(COC(=O)CCCCCCC)COC(=O)CCCCCCCCCCCCCCCCCCCCCCC/C=C\C/C=C\CCCCCCC. The van der Waals surface area contributed by atoms with Gasteiger partial charge in [-0.3, -0.25) is 14.4 Å². The van der Waals surface area contributed by atoms with Crippen molar-refractivity contribution in [3.63, 3.8) is 0 Å². The second-order valence-corrected chi connectivity index (χ2v) is 23.1. The molecule has 0 aromatic carbocycles. The molecule has 81 heavy (non-hydrogen) atoms. The molecule has 0 rings (SSSR count). The fraction of sp³-hybridized carbons (Fsp3) is 0.747. The van der Waals surface area contributed by atoms with Gasteiger partial charge >= 0.3 is 17.9 Å². The maximum atomic E-state index is 12.8. The van der Waals surface area contributed by atoms with Crippen molar-refractivity contribution >= 4 is 17.9 Å². The number of rotatable bonds is 63. The number of carbonyl (C=O) groups excluding carboxylic acids is 3. The molecule has 466 valence electrons. The summed E-state index contributed by atoms with van der Waals surface area (Å²) in [6.45, 7) is 6.45. The molecule has 0 radical (unpaired) electrons. The molecule has 1 unspecified atom stereocenters. The van der Waals surface area contributed by atoms with Crippen LogP contribution in [-0.4, -0.2) is 37.2 Å². The molecule has 0 heterocycles. The van der Waals surface area contributed by atoms with Gasteiger partial charge in [-0.15, -0.1) is 0 Å². The topological polar surface area (TPSA) is 78.9 Å². The zero-order chi connectivity index (χ0) is 58.5. The van der Waals surface area contributed by atoms with Gasteiger partial charge in [0.1, 0.15) is 13.2 Å². The Morgan fingerprint density at radius 2 is 0.481 bits per heavy atom. The van der Waals surface area contributed by atoms with E-state index in [0.717, 1.165) is 122 Å². The monoisotopic (exact) mass is 1130 g/mol. The van der Waals surface area contributed by atoms with E-state index in [1.807, 2.05) is 0 Å². The van der Waals surface area contributed by atoms with Crippen LogP contribution in [-0.2, 0) is 28.6 Å². The molecule has 6 heteroatoms. The van der Waals surface area contributed by atoms with Gasteiger partial charge in [0.15, 0.2) is 6.10 Å². The van der Waals surface area contributed by atoms with Crippen LogP contribution in [0.5, 0.6) is 0 Å². The smallest absolute Gasteiger partial charge is 0.306 e. The number of unbranched alkanes of at least 4 members (excludes halogenated alkanes) is 36. The highest BCUT2D eigenvalue weighted by atomic mass is 16.6. The van der Waals surface area contributed by atoms with Gasteiger partial charge in [0.05, 0.1) is 0 Å². The van der Waals surface area contributed by atoms with Gasteiger partial charge in [-0.05, 0) is 103 Å². The van der Waals surface area contributed by atoms with E-state index >= 15 is 0 Å². The van der Waals surface area contributed by atoms with Crippen molar-refractivity contribution in [1.82, 2.24) is 0 Å². The summed E-state index contributed by atoms with van der Waals surface area (Å²) >= 11 is 0. The van der Waals surface area contributed by atoms with Crippen molar-refractivity contribution < 1.29 is 28.6 Å². The Labute approximate surface area is 502 Å². The van der Waals surface area contributed by atoms with Crippen LogP contribution in [0, 0.1) is 0 Å². The largest absolute Gasteiger partial charge is 0.462 e. The number of carbonyl (C=O) groups is 3. The number of ether oxygens (including phenoxy) is 3. The van der Waals surface area contributed by atoms with E-state index in [0.29, 0.717) is 19.3 Å². The van der Waals surface area contributed by atoms with Crippen molar-refractivity contribution in [1.29, 1.82) is 0 Å². The van der Waals surface area contributed by atoms with Gasteiger partial charge < -0.3 is 14.2 Å². The van der Waals surface area contributed by atoms with E-state index in [-0.39, 0.29) is 31.1 Å². The first kappa shape index (κ1) is 77.3. The van der Waals surface area contributed by atoms with E-state index in [1.54, 1.807) is 0 Å². The van der Waals surface area contributed by atoms with Crippen molar-refractivity contribution in [2.45, 2.75) is 348 Å². The predicted molar refractivity (Wildman–Crippen MR) is 353 cm³/mol. The highest BCUT2D eigenvalue weighted by Gasteiger charge is 2.19. The first-order valence-electron chi connectivity index (χ1n) is 34.7. The second-order valence-electron chi connectivity index (χ2n) is 23.1. The van der Waals surface area contributed by atoms with Crippen LogP contribution in [0.25, 0.3) is 0 Å². The van der Waals surface area contributed by atoms with Crippen LogP contribution < -0.4 is 0 Å². The lowest BCUT2D eigenvalue weighted by atomic mass is 10.0. The zero-order valence-corrected chi connectivity index (χ0v) is 53.5. The van der Waals surface area contributed by atoms with E-state index in [4.69, 9.17) is 14.2 Å². The minimum Gasteiger partial charge on any atom is -0.462 e. The van der Waals surface area contributed by atoms with Crippen LogP contribution in [0.4, 0.5) is 0 Å². The van der Waals surface area contributed by atoms with Crippen molar-refractivity contribution in [2.24, 2.45) is 0 Å². The molecular weight excluding hydrogens is 997 g/mol. The van der Waals surface area contributed by atoms with Crippen LogP contribution in [0.2, 0.25) is 0 Å². The molecule has 6 nitrogen and oxygen atoms in total. The second kappa shape index (κ2) is 68.8. The van der Waals surface area contributed by atoms with Crippen molar-refractivity contribution in [2.75, 3.05) is 13.2 Å². The molecule has 1 atom stereocenters. The maximum absolute atomic E-state index is 12.8. The average Bonchev–Trinajstić information content (AvgIpc) is 3.47. The van der Waals surface area contributed by atoms with Gasteiger partial charge in [0, 0.05) is 19.3 Å². The van der Waals surface area contributed by atoms with Gasteiger partial charge in [-0.2, -0.15) is 0 Å². The number of hydrogen-bond donors (Lipinski definition) is 0. The van der Waals surface area contributed by atoms with Crippen molar-refractivity contribution in [3.05, 3.63) is 97.2 Å². The molecule has 0 bridgehead atoms. The fourth-order valence-electron chi connectivity index (χ4n) is 9.89. The quantitative estimate of drug-likeness (QED) is 0.0261. The lowest BCUT2D eigenvalue weighted by Gasteiger charge is -2.18. The Kier molecular flexibility index (Phi) is 65.7. The molecule has 0 saturated heterocycles. The lowest BCUT2D eigenvalue weighted by molar-refractivity contribution is -0.167. The Bertz CT molecular complexity index is 1580. The summed E-state index contributed by atoms with van der Waals surface area (Å²) in [5.41, 5.74) is 0. The van der Waals surface area contributed by atoms with Crippen LogP contribution in [0.3, 0.4) is 0 Å². The van der Waals surface area contributed by atoms with E-state index in [2.05, 4.69) is 118 Å². The number of allylic oxidation sites excluding steroid dienone is 16. The zero-order valence-electron chi connectivity index (χ0n) is 53.5. The summed E-state index contributed by atoms with van der Waals surface area (Å²) in [6, 6.07) is 0. The van der Waals surface area contributed by atoms with E-state index < -0.39 is 6.10 Å². The molecule has 0 aliphatic heterocycles. The van der Waals surface area contributed by atoms with Gasteiger partial charge in [-0.1, -0.05) is 317 Å². The lowest BCUT2D eigenvalue weighted by Crippen LogP contribution is -2.30. The molecule has 0 aromatic rings. The highest BCUT2D eigenvalue weighted by molar-refractivity contribution is 5.71. The van der Waals surface area contributed by atoms with Crippen LogP contribution >= 0.6 is 0 Å². The molecule has 0 N–H and O–H groups in total. The van der Waals surface area contributed by atoms with Crippen LogP contribution in [0.1, 0.15) is 342 Å². The average molecular weight is 1130 g/mol. The Hall–Kier alpha value is -3.67. The summed E-state index contributed by atoms with van der Waals surface area (Å²) in [5.74, 6) is -0.898. The highest BCUT2D eigenvalue weighted by Crippen LogP contribution is 2.17. The van der Waals surface area contributed by atoms with Gasteiger partial charge in [-0.25, -0.2) is 0 Å². The molecule has 0 spiro atoms. The third-order valence-corrected chi connectivity index (χ3v) is 15.1.